The van der Waals surface area contributed by atoms with Crippen LogP contribution in [0, 0.1) is 5.82 Å². The molecule has 2 fully saturated rings. The molecular weight excluding hydrogens is 473 g/mol. The van der Waals surface area contributed by atoms with Crippen LogP contribution in [0.2, 0.25) is 0 Å². The summed E-state index contributed by atoms with van der Waals surface area (Å²) in [4.78, 5) is 21.3. The minimum atomic E-state index is -0.588. The Hall–Kier alpha value is -2.36. The number of aliphatic hydroxyl groups excluding tert-OH is 1. The van der Waals surface area contributed by atoms with E-state index in [0.717, 1.165) is 36.8 Å². The molecule has 2 unspecified atom stereocenters. The number of hydrogen-bond acceptors (Lipinski definition) is 6. The molecule has 37 heavy (non-hydrogen) atoms. The van der Waals surface area contributed by atoms with Crippen molar-refractivity contribution in [1.82, 2.24) is 15.7 Å². The van der Waals surface area contributed by atoms with Crippen LogP contribution >= 0.6 is 0 Å². The van der Waals surface area contributed by atoms with E-state index < -0.39 is 11.7 Å². The number of aryl methyl sites for hydroxylation is 1. The molecular formula is C29H38FN3O4. The van der Waals surface area contributed by atoms with Gasteiger partial charge < -0.3 is 15.2 Å². The Morgan fingerprint density at radius 1 is 1.14 bits per heavy atom. The van der Waals surface area contributed by atoms with Crippen molar-refractivity contribution in [3.63, 3.8) is 0 Å². The molecule has 1 heterocycles. The van der Waals surface area contributed by atoms with E-state index in [4.69, 9.17) is 9.57 Å². The quantitative estimate of drug-likeness (QED) is 0.502. The molecule has 0 aromatic heterocycles. The first-order chi connectivity index (χ1) is 18.1. The monoisotopic (exact) mass is 511 g/mol. The number of amides is 1. The highest BCUT2D eigenvalue weighted by Gasteiger charge is 2.40. The number of hydroxylamine groups is 1. The average Bonchev–Trinajstić information content (AvgIpc) is 3.48. The number of fused-ring (bicyclic) bond motifs is 1. The van der Waals surface area contributed by atoms with Gasteiger partial charge in [0.15, 0.2) is 6.23 Å². The molecule has 3 atom stereocenters. The number of hydrogen-bond donors (Lipinski definition) is 3. The fraction of sp³-hybridized carbons (Fsp3) is 0.552. The lowest BCUT2D eigenvalue weighted by atomic mass is 9.94. The number of methoxy groups -OCH3 is 1. The van der Waals surface area contributed by atoms with Gasteiger partial charge in [-0.05, 0) is 60.1 Å². The van der Waals surface area contributed by atoms with Crippen LogP contribution in [0.4, 0.5) is 4.39 Å². The third-order valence-corrected chi connectivity index (χ3v) is 8.08. The molecule has 0 radical (unpaired) electrons. The molecule has 1 amide bonds. The van der Waals surface area contributed by atoms with Gasteiger partial charge in [-0.1, -0.05) is 56.4 Å². The third kappa shape index (κ3) is 5.73. The van der Waals surface area contributed by atoms with Gasteiger partial charge in [-0.15, -0.1) is 0 Å². The minimum absolute atomic E-state index is 0.0389. The molecule has 0 bridgehead atoms. The maximum Gasteiger partial charge on any atom is 0.254 e. The molecule has 2 aromatic rings. The van der Waals surface area contributed by atoms with Crippen LogP contribution in [-0.4, -0.2) is 41.9 Å². The van der Waals surface area contributed by atoms with Crippen molar-refractivity contribution in [1.29, 1.82) is 0 Å². The number of nitrogens with one attached hydrogen (secondary N) is 2. The van der Waals surface area contributed by atoms with E-state index in [2.05, 4.69) is 33.9 Å². The Morgan fingerprint density at radius 2 is 1.92 bits per heavy atom. The lowest BCUT2D eigenvalue weighted by molar-refractivity contribution is -0.0670. The van der Waals surface area contributed by atoms with E-state index in [9.17, 15) is 14.3 Å². The van der Waals surface area contributed by atoms with Crippen molar-refractivity contribution in [2.45, 2.75) is 88.9 Å². The summed E-state index contributed by atoms with van der Waals surface area (Å²) >= 11 is 0. The van der Waals surface area contributed by atoms with Crippen LogP contribution in [0.5, 0.6) is 0 Å². The Bertz CT molecular complexity index is 1090. The summed E-state index contributed by atoms with van der Waals surface area (Å²) in [7, 11) is 1.71. The summed E-state index contributed by atoms with van der Waals surface area (Å²) in [5.41, 5.74) is 7.16. The van der Waals surface area contributed by atoms with E-state index in [1.807, 2.05) is 0 Å². The largest absolute Gasteiger partial charge is 0.392 e. The molecule has 7 nitrogen and oxygen atoms in total. The van der Waals surface area contributed by atoms with Crippen LogP contribution in [0.25, 0.3) is 0 Å². The van der Waals surface area contributed by atoms with Crippen LogP contribution in [0.1, 0.15) is 96.2 Å². The number of aliphatic hydroxyl groups is 1. The predicted molar refractivity (Wildman–Crippen MR) is 138 cm³/mol. The van der Waals surface area contributed by atoms with Gasteiger partial charge in [0, 0.05) is 13.2 Å². The van der Waals surface area contributed by atoms with Crippen molar-refractivity contribution in [3.05, 3.63) is 70.0 Å². The van der Waals surface area contributed by atoms with Crippen molar-refractivity contribution in [3.8, 4) is 0 Å². The van der Waals surface area contributed by atoms with Gasteiger partial charge in [0.25, 0.3) is 5.91 Å². The van der Waals surface area contributed by atoms with Gasteiger partial charge in [-0.2, -0.15) is 5.48 Å². The van der Waals surface area contributed by atoms with Gasteiger partial charge >= 0.3 is 0 Å². The molecule has 1 saturated carbocycles. The number of nitrogens with zero attached hydrogens (tertiary/aromatic N) is 1. The molecule has 5 rings (SSSR count). The molecule has 1 aliphatic heterocycles. The molecule has 2 aromatic carbocycles. The normalized spacial score (nSPS) is 25.0. The molecule has 3 aliphatic rings. The van der Waals surface area contributed by atoms with Crippen molar-refractivity contribution >= 4 is 5.91 Å². The number of halogens is 1. The van der Waals surface area contributed by atoms with E-state index in [1.165, 1.54) is 55.9 Å². The van der Waals surface area contributed by atoms with Crippen LogP contribution in [-0.2, 0) is 22.6 Å². The fourth-order valence-corrected chi connectivity index (χ4v) is 6.15. The second-order valence-electron chi connectivity index (χ2n) is 10.5. The van der Waals surface area contributed by atoms with E-state index in [0.29, 0.717) is 18.2 Å². The number of carbonyl (C=O) groups excluding carboxylic acids is 1. The maximum atomic E-state index is 14.3. The smallest absolute Gasteiger partial charge is 0.254 e. The summed E-state index contributed by atoms with van der Waals surface area (Å²) in [6.07, 6.45) is 10.1. The predicted octanol–water partition coefficient (Wildman–Crippen LogP) is 4.66. The second kappa shape index (κ2) is 12.0. The van der Waals surface area contributed by atoms with E-state index >= 15 is 0 Å². The van der Waals surface area contributed by atoms with Crippen LogP contribution < -0.4 is 10.8 Å². The van der Waals surface area contributed by atoms with E-state index in [-0.39, 0.29) is 30.6 Å². The lowest BCUT2D eigenvalue weighted by Crippen LogP contribution is -2.44. The number of rotatable bonds is 7. The number of carbonyl (C=O) groups is 1. The highest BCUT2D eigenvalue weighted by atomic mass is 19.1. The first-order valence-electron chi connectivity index (χ1n) is 13.6. The number of ether oxygens (including phenoxy) is 1. The topological polar surface area (TPSA) is 83.1 Å². The van der Waals surface area contributed by atoms with Gasteiger partial charge in [-0.3, -0.25) is 14.5 Å². The van der Waals surface area contributed by atoms with Gasteiger partial charge in [0.2, 0.25) is 0 Å². The lowest BCUT2D eigenvalue weighted by Gasteiger charge is -2.35. The van der Waals surface area contributed by atoms with Crippen LogP contribution in [0.15, 0.2) is 36.4 Å². The zero-order chi connectivity index (χ0) is 25.8. The average molecular weight is 512 g/mol. The first kappa shape index (κ1) is 26.3. The standard InChI is InChI=1S/C29H38FN3O4/c1-36-18-27-33(22-7-5-3-2-4-6-8-22)28(32-37-27)21-10-12-23-20(16-21)11-14-26(23)31-29(35)24-15-19(17-34)9-13-25(24)30/h9-10,12-13,15-16,22,26-28,32,34H,2-8,11,14,17-18H2,1H3,(H,31,35)/t26-,27?,28?/m1/s1. The van der Waals surface area contributed by atoms with Crippen molar-refractivity contribution in [2.75, 3.05) is 13.7 Å². The summed E-state index contributed by atoms with van der Waals surface area (Å²) in [6.45, 7) is 0.269. The fourth-order valence-electron chi connectivity index (χ4n) is 6.15. The molecule has 1 saturated heterocycles. The van der Waals surface area contributed by atoms with Crippen molar-refractivity contribution in [2.24, 2.45) is 0 Å². The van der Waals surface area contributed by atoms with Gasteiger partial charge in [0.1, 0.15) is 12.0 Å². The molecule has 3 N–H and O–H groups in total. The highest BCUT2D eigenvalue weighted by molar-refractivity contribution is 5.95. The zero-order valence-corrected chi connectivity index (χ0v) is 21.5. The highest BCUT2D eigenvalue weighted by Crippen LogP contribution is 2.38. The molecule has 8 heteroatoms. The third-order valence-electron chi connectivity index (χ3n) is 8.08. The summed E-state index contributed by atoms with van der Waals surface area (Å²) in [6, 6.07) is 10.8. The van der Waals surface area contributed by atoms with E-state index in [1.54, 1.807) is 7.11 Å². The first-order valence-corrected chi connectivity index (χ1v) is 13.6. The second-order valence-corrected chi connectivity index (χ2v) is 10.5. The SMILES string of the molecule is COCC1ONC(c2ccc3c(c2)CC[C@H]3NC(=O)c2cc(CO)ccc2F)N1C1CCCCCCC1. The Kier molecular flexibility index (Phi) is 8.52. The van der Waals surface area contributed by atoms with Gasteiger partial charge in [0.05, 0.1) is 24.8 Å². The Morgan fingerprint density at radius 3 is 2.68 bits per heavy atom. The molecule has 200 valence electrons. The molecule has 2 aliphatic carbocycles. The number of benzene rings is 2. The van der Waals surface area contributed by atoms with Crippen molar-refractivity contribution < 1.29 is 23.9 Å². The molecule has 0 spiro atoms. The zero-order valence-electron chi connectivity index (χ0n) is 21.5. The summed E-state index contributed by atoms with van der Waals surface area (Å²) in [5, 5.41) is 12.4. The summed E-state index contributed by atoms with van der Waals surface area (Å²) < 4.78 is 19.8. The summed E-state index contributed by atoms with van der Waals surface area (Å²) in [5.74, 6) is -1.05. The maximum absolute atomic E-state index is 14.3. The van der Waals surface area contributed by atoms with Gasteiger partial charge in [-0.25, -0.2) is 4.39 Å². The van der Waals surface area contributed by atoms with Crippen LogP contribution in [0.3, 0.4) is 0 Å². The Balaban J connectivity index is 1.33. The minimum Gasteiger partial charge on any atom is -0.392 e. The Labute approximate surface area is 218 Å².